The number of rotatable bonds is 7. The Hall–Kier alpha value is -0.930. The molecule has 5 heteroatoms. The summed E-state index contributed by atoms with van der Waals surface area (Å²) in [4.78, 5) is 14.0. The topological polar surface area (TPSA) is 29.5 Å². The van der Waals surface area contributed by atoms with Gasteiger partial charge in [0.2, 0.25) is 0 Å². The standard InChI is InChI=1S/C14H19Cl2NO2/c1-11(2)19-13-5-3-4-12(10-13)14(18)17(8-6-15)9-7-16/h3-5,10-11H,6-9H2,1-2H3. The maximum absolute atomic E-state index is 12.3. The number of hydrogen-bond acceptors (Lipinski definition) is 2. The van der Waals surface area contributed by atoms with Crippen molar-refractivity contribution in [3.8, 4) is 5.75 Å². The molecule has 0 aliphatic heterocycles. The predicted octanol–water partition coefficient (Wildman–Crippen LogP) is 3.39. The Morgan fingerprint density at radius 1 is 1.26 bits per heavy atom. The van der Waals surface area contributed by atoms with E-state index in [-0.39, 0.29) is 12.0 Å². The molecule has 19 heavy (non-hydrogen) atoms. The van der Waals surface area contributed by atoms with Gasteiger partial charge in [-0.1, -0.05) is 6.07 Å². The zero-order valence-electron chi connectivity index (χ0n) is 11.2. The van der Waals surface area contributed by atoms with Crippen LogP contribution < -0.4 is 4.74 Å². The van der Waals surface area contributed by atoms with Gasteiger partial charge in [-0.3, -0.25) is 4.79 Å². The summed E-state index contributed by atoms with van der Waals surface area (Å²) in [6, 6.07) is 7.16. The molecule has 3 nitrogen and oxygen atoms in total. The normalized spacial score (nSPS) is 10.6. The van der Waals surface area contributed by atoms with Crippen LogP contribution in [0.1, 0.15) is 24.2 Å². The van der Waals surface area contributed by atoms with Crippen LogP contribution in [0.15, 0.2) is 24.3 Å². The number of carbonyl (C=O) groups is 1. The molecule has 1 rings (SSSR count). The molecule has 0 saturated carbocycles. The molecular weight excluding hydrogens is 285 g/mol. The molecular formula is C14H19Cl2NO2. The van der Waals surface area contributed by atoms with Gasteiger partial charge in [-0.2, -0.15) is 0 Å². The van der Waals surface area contributed by atoms with Crippen LogP contribution in [0, 0.1) is 0 Å². The molecule has 0 spiro atoms. The monoisotopic (exact) mass is 303 g/mol. The molecule has 0 fully saturated rings. The molecule has 0 aromatic heterocycles. The zero-order valence-corrected chi connectivity index (χ0v) is 12.7. The van der Waals surface area contributed by atoms with Crippen LogP contribution in [0.3, 0.4) is 0 Å². The molecule has 0 aliphatic rings. The summed E-state index contributed by atoms with van der Waals surface area (Å²) in [5.74, 6) is 1.41. The highest BCUT2D eigenvalue weighted by Crippen LogP contribution is 2.16. The summed E-state index contributed by atoms with van der Waals surface area (Å²) < 4.78 is 5.58. The van der Waals surface area contributed by atoms with Gasteiger partial charge >= 0.3 is 0 Å². The molecule has 0 saturated heterocycles. The first-order valence-corrected chi connectivity index (χ1v) is 7.33. The van der Waals surface area contributed by atoms with Crippen LogP contribution >= 0.6 is 23.2 Å². The zero-order chi connectivity index (χ0) is 14.3. The molecule has 106 valence electrons. The Balaban J connectivity index is 2.84. The maximum Gasteiger partial charge on any atom is 0.254 e. The van der Waals surface area contributed by atoms with E-state index >= 15 is 0 Å². The Labute approximate surface area is 124 Å². The number of hydrogen-bond donors (Lipinski definition) is 0. The summed E-state index contributed by atoms with van der Waals surface area (Å²) in [5.41, 5.74) is 0.591. The van der Waals surface area contributed by atoms with Crippen LogP contribution in [0.25, 0.3) is 0 Å². The maximum atomic E-state index is 12.3. The first-order chi connectivity index (χ1) is 9.08. The van der Waals surface area contributed by atoms with E-state index in [1.54, 1.807) is 17.0 Å². The molecule has 1 amide bonds. The molecule has 0 bridgehead atoms. The van der Waals surface area contributed by atoms with Crippen LogP contribution in [-0.2, 0) is 0 Å². The van der Waals surface area contributed by atoms with Crippen LogP contribution in [0.5, 0.6) is 5.75 Å². The van der Waals surface area contributed by atoms with Gasteiger partial charge in [0.25, 0.3) is 5.91 Å². The molecule has 0 atom stereocenters. The van der Waals surface area contributed by atoms with Gasteiger partial charge in [-0.25, -0.2) is 0 Å². The second-order valence-corrected chi connectivity index (χ2v) is 5.12. The third-order valence-electron chi connectivity index (χ3n) is 2.45. The van der Waals surface area contributed by atoms with Crippen molar-refractivity contribution in [3.05, 3.63) is 29.8 Å². The van der Waals surface area contributed by atoms with Crippen molar-refractivity contribution in [1.82, 2.24) is 4.90 Å². The lowest BCUT2D eigenvalue weighted by Gasteiger charge is -2.21. The smallest absolute Gasteiger partial charge is 0.254 e. The van der Waals surface area contributed by atoms with Crippen LogP contribution in [-0.4, -0.2) is 41.8 Å². The number of benzene rings is 1. The highest BCUT2D eigenvalue weighted by atomic mass is 35.5. The van der Waals surface area contributed by atoms with Crippen LogP contribution in [0.2, 0.25) is 0 Å². The Bertz CT molecular complexity index is 404. The largest absolute Gasteiger partial charge is 0.491 e. The molecule has 1 aromatic carbocycles. The van der Waals surface area contributed by atoms with E-state index in [1.807, 2.05) is 26.0 Å². The molecule has 0 N–H and O–H groups in total. The quantitative estimate of drug-likeness (QED) is 0.723. The summed E-state index contributed by atoms with van der Waals surface area (Å²) >= 11 is 11.4. The van der Waals surface area contributed by atoms with Crippen molar-refractivity contribution in [3.63, 3.8) is 0 Å². The van der Waals surface area contributed by atoms with Crippen molar-refractivity contribution in [2.24, 2.45) is 0 Å². The predicted molar refractivity (Wildman–Crippen MR) is 79.5 cm³/mol. The number of ether oxygens (including phenoxy) is 1. The van der Waals surface area contributed by atoms with E-state index in [0.29, 0.717) is 36.2 Å². The number of halogens is 2. The lowest BCUT2D eigenvalue weighted by molar-refractivity contribution is 0.0774. The van der Waals surface area contributed by atoms with E-state index in [4.69, 9.17) is 27.9 Å². The SMILES string of the molecule is CC(C)Oc1cccc(C(=O)N(CCCl)CCCl)c1. The summed E-state index contributed by atoms with van der Waals surface area (Å²) in [6.07, 6.45) is 0.0761. The van der Waals surface area contributed by atoms with Gasteiger partial charge < -0.3 is 9.64 Å². The van der Waals surface area contributed by atoms with Gasteiger partial charge in [0.1, 0.15) is 5.75 Å². The number of nitrogens with zero attached hydrogens (tertiary/aromatic N) is 1. The fraction of sp³-hybridized carbons (Fsp3) is 0.500. The molecule has 0 heterocycles. The lowest BCUT2D eigenvalue weighted by Crippen LogP contribution is -2.34. The molecule has 1 aromatic rings. The first-order valence-electron chi connectivity index (χ1n) is 6.26. The van der Waals surface area contributed by atoms with E-state index in [0.717, 1.165) is 0 Å². The Kier molecular flexibility index (Phi) is 7.03. The van der Waals surface area contributed by atoms with Crippen molar-refractivity contribution < 1.29 is 9.53 Å². The number of carbonyl (C=O) groups excluding carboxylic acids is 1. The third kappa shape index (κ3) is 5.29. The summed E-state index contributed by atoms with van der Waals surface area (Å²) in [7, 11) is 0. The highest BCUT2D eigenvalue weighted by molar-refractivity contribution is 6.18. The van der Waals surface area contributed by atoms with Crippen LogP contribution in [0.4, 0.5) is 0 Å². The van der Waals surface area contributed by atoms with Crippen molar-refractivity contribution >= 4 is 29.1 Å². The third-order valence-corrected chi connectivity index (χ3v) is 2.79. The first kappa shape index (κ1) is 16.1. The minimum absolute atomic E-state index is 0.0736. The average molecular weight is 304 g/mol. The van der Waals surface area contributed by atoms with Gasteiger partial charge in [0, 0.05) is 30.4 Å². The van der Waals surface area contributed by atoms with Crippen molar-refractivity contribution in [2.45, 2.75) is 20.0 Å². The number of alkyl halides is 2. The summed E-state index contributed by atoms with van der Waals surface area (Å²) in [5, 5.41) is 0. The highest BCUT2D eigenvalue weighted by Gasteiger charge is 2.15. The van der Waals surface area contributed by atoms with E-state index in [2.05, 4.69) is 0 Å². The molecule has 0 radical (unpaired) electrons. The molecule has 0 aliphatic carbocycles. The lowest BCUT2D eigenvalue weighted by atomic mass is 10.2. The average Bonchev–Trinajstić information content (AvgIpc) is 2.37. The Morgan fingerprint density at radius 2 is 1.89 bits per heavy atom. The van der Waals surface area contributed by atoms with E-state index in [1.165, 1.54) is 0 Å². The fourth-order valence-electron chi connectivity index (χ4n) is 1.68. The fourth-order valence-corrected chi connectivity index (χ4v) is 2.08. The van der Waals surface area contributed by atoms with Gasteiger partial charge in [-0.15, -0.1) is 23.2 Å². The second kappa shape index (κ2) is 8.28. The van der Waals surface area contributed by atoms with Crippen molar-refractivity contribution in [1.29, 1.82) is 0 Å². The van der Waals surface area contributed by atoms with E-state index < -0.39 is 0 Å². The van der Waals surface area contributed by atoms with Crippen molar-refractivity contribution in [2.75, 3.05) is 24.8 Å². The van der Waals surface area contributed by atoms with E-state index in [9.17, 15) is 4.79 Å². The molecule has 0 unspecified atom stereocenters. The number of amides is 1. The van der Waals surface area contributed by atoms with Gasteiger partial charge in [0.05, 0.1) is 6.10 Å². The van der Waals surface area contributed by atoms with Gasteiger partial charge in [0.15, 0.2) is 0 Å². The summed E-state index contributed by atoms with van der Waals surface area (Å²) in [6.45, 7) is 4.87. The minimum atomic E-state index is -0.0736. The minimum Gasteiger partial charge on any atom is -0.491 e. The second-order valence-electron chi connectivity index (χ2n) is 4.36. The Morgan fingerprint density at radius 3 is 2.42 bits per heavy atom. The van der Waals surface area contributed by atoms with Gasteiger partial charge in [-0.05, 0) is 32.0 Å².